The summed E-state index contributed by atoms with van der Waals surface area (Å²) in [6, 6.07) is 18.5. The molecule has 0 radical (unpaired) electrons. The van der Waals surface area contributed by atoms with Gasteiger partial charge in [-0.05, 0) is 72.2 Å². The van der Waals surface area contributed by atoms with Gasteiger partial charge in [-0.2, -0.15) is 0 Å². The predicted molar refractivity (Wildman–Crippen MR) is 136 cm³/mol. The summed E-state index contributed by atoms with van der Waals surface area (Å²) in [6.45, 7) is 9.39. The molecule has 0 aliphatic heterocycles. The number of esters is 1. The zero-order chi connectivity index (χ0) is 24.1. The zero-order valence-electron chi connectivity index (χ0n) is 20.5. The van der Waals surface area contributed by atoms with E-state index in [0.29, 0.717) is 25.5 Å². The highest BCUT2D eigenvalue weighted by Crippen LogP contribution is 2.36. The molecule has 0 saturated heterocycles. The maximum atomic E-state index is 11.5. The SMILES string of the molecule is CCOC(=O)CCCCCOc1cc2ccccc2cc1-c1nc2cc(C(C)(C)C)ccc2o1. The van der Waals surface area contributed by atoms with Crippen LogP contribution in [0.4, 0.5) is 0 Å². The van der Waals surface area contributed by atoms with Gasteiger partial charge < -0.3 is 13.9 Å². The molecule has 4 rings (SSSR count). The van der Waals surface area contributed by atoms with Gasteiger partial charge in [0.1, 0.15) is 11.3 Å². The number of rotatable bonds is 9. The molecule has 0 fully saturated rings. The van der Waals surface area contributed by atoms with Crippen LogP contribution < -0.4 is 4.74 Å². The third-order valence-electron chi connectivity index (χ3n) is 5.92. The summed E-state index contributed by atoms with van der Waals surface area (Å²) in [7, 11) is 0. The van der Waals surface area contributed by atoms with Crippen LogP contribution >= 0.6 is 0 Å². The number of hydrogen-bond donors (Lipinski definition) is 0. The van der Waals surface area contributed by atoms with Gasteiger partial charge in [-0.3, -0.25) is 4.79 Å². The van der Waals surface area contributed by atoms with Gasteiger partial charge in [0.15, 0.2) is 5.58 Å². The average Bonchev–Trinajstić information content (AvgIpc) is 3.23. The summed E-state index contributed by atoms with van der Waals surface area (Å²) in [4.78, 5) is 16.3. The fraction of sp³-hybridized carbons (Fsp3) is 0.379. The van der Waals surface area contributed by atoms with E-state index in [4.69, 9.17) is 18.9 Å². The van der Waals surface area contributed by atoms with Crippen LogP contribution in [-0.2, 0) is 14.9 Å². The number of fused-ring (bicyclic) bond motifs is 2. The quantitative estimate of drug-likeness (QED) is 0.192. The normalized spacial score (nSPS) is 11.8. The Hall–Kier alpha value is -3.34. The summed E-state index contributed by atoms with van der Waals surface area (Å²) in [5.41, 5.74) is 3.72. The largest absolute Gasteiger partial charge is 0.493 e. The number of carbonyl (C=O) groups is 1. The maximum absolute atomic E-state index is 11.5. The molecule has 0 aliphatic carbocycles. The molecule has 3 aromatic carbocycles. The first kappa shape index (κ1) is 23.8. The number of nitrogens with zero attached hydrogens (tertiary/aromatic N) is 1. The Morgan fingerprint density at radius 2 is 1.74 bits per heavy atom. The maximum Gasteiger partial charge on any atom is 0.305 e. The van der Waals surface area contributed by atoms with Gasteiger partial charge in [-0.1, -0.05) is 51.1 Å². The summed E-state index contributed by atoms with van der Waals surface area (Å²) in [5.74, 6) is 1.18. The molecule has 1 aromatic heterocycles. The standard InChI is InChI=1S/C29H33NO4/c1-5-32-27(31)13-7-6-10-16-33-26-18-21-12-9-8-11-20(21)17-23(26)28-30-24-19-22(29(2,3)4)14-15-25(24)34-28/h8-9,11-12,14-15,17-19H,5-7,10,13,16H2,1-4H3. The van der Waals surface area contributed by atoms with Crippen LogP contribution in [0, 0.1) is 0 Å². The number of oxazole rings is 1. The molecule has 1 heterocycles. The first-order valence-electron chi connectivity index (χ1n) is 12.1. The van der Waals surface area contributed by atoms with Gasteiger partial charge in [-0.15, -0.1) is 0 Å². The molecule has 0 aliphatic rings. The first-order chi connectivity index (χ1) is 16.3. The topological polar surface area (TPSA) is 61.6 Å². The molecule has 0 bridgehead atoms. The van der Waals surface area contributed by atoms with Crippen LogP contribution in [0.2, 0.25) is 0 Å². The molecule has 5 nitrogen and oxygen atoms in total. The Balaban J connectivity index is 1.55. The molecule has 0 saturated carbocycles. The van der Waals surface area contributed by atoms with Crippen molar-refractivity contribution in [1.82, 2.24) is 4.98 Å². The van der Waals surface area contributed by atoms with Crippen LogP contribution in [0.5, 0.6) is 5.75 Å². The van der Waals surface area contributed by atoms with E-state index in [0.717, 1.165) is 52.4 Å². The third-order valence-corrected chi connectivity index (χ3v) is 5.92. The lowest BCUT2D eigenvalue weighted by Gasteiger charge is -2.18. The zero-order valence-corrected chi connectivity index (χ0v) is 20.5. The Kier molecular flexibility index (Phi) is 7.20. The Labute approximate surface area is 201 Å². The van der Waals surface area contributed by atoms with Crippen molar-refractivity contribution in [2.75, 3.05) is 13.2 Å². The van der Waals surface area contributed by atoms with Gasteiger partial charge in [0.2, 0.25) is 5.89 Å². The van der Waals surface area contributed by atoms with E-state index in [-0.39, 0.29) is 11.4 Å². The molecule has 0 unspecified atom stereocenters. The molecule has 5 heteroatoms. The number of carbonyl (C=O) groups excluding carboxylic acids is 1. The molecule has 0 spiro atoms. The summed E-state index contributed by atoms with van der Waals surface area (Å²) in [5, 5.41) is 2.21. The monoisotopic (exact) mass is 459 g/mol. The molecule has 0 atom stereocenters. The van der Waals surface area contributed by atoms with Gasteiger partial charge in [-0.25, -0.2) is 4.98 Å². The van der Waals surface area contributed by atoms with Crippen molar-refractivity contribution in [3.05, 3.63) is 60.2 Å². The van der Waals surface area contributed by atoms with Crippen molar-refractivity contribution in [3.8, 4) is 17.2 Å². The second kappa shape index (κ2) is 10.3. The lowest BCUT2D eigenvalue weighted by atomic mass is 9.87. The van der Waals surface area contributed by atoms with Gasteiger partial charge >= 0.3 is 5.97 Å². The third kappa shape index (κ3) is 5.58. The van der Waals surface area contributed by atoms with Crippen molar-refractivity contribution in [1.29, 1.82) is 0 Å². The Morgan fingerprint density at radius 1 is 0.971 bits per heavy atom. The summed E-state index contributed by atoms with van der Waals surface area (Å²) >= 11 is 0. The van der Waals surface area contributed by atoms with E-state index < -0.39 is 0 Å². The minimum atomic E-state index is -0.134. The number of hydrogen-bond acceptors (Lipinski definition) is 5. The van der Waals surface area contributed by atoms with Crippen LogP contribution in [0.3, 0.4) is 0 Å². The van der Waals surface area contributed by atoms with Crippen molar-refractivity contribution in [3.63, 3.8) is 0 Å². The first-order valence-corrected chi connectivity index (χ1v) is 12.1. The summed E-state index contributed by atoms with van der Waals surface area (Å²) in [6.07, 6.45) is 3.01. The van der Waals surface area contributed by atoms with E-state index in [9.17, 15) is 4.79 Å². The van der Waals surface area contributed by atoms with E-state index >= 15 is 0 Å². The highest BCUT2D eigenvalue weighted by Gasteiger charge is 2.18. The van der Waals surface area contributed by atoms with Crippen LogP contribution in [-0.4, -0.2) is 24.2 Å². The Bertz CT molecular complexity index is 1280. The van der Waals surface area contributed by atoms with E-state index in [1.807, 2.05) is 25.1 Å². The molecule has 0 N–H and O–H groups in total. The molecule has 4 aromatic rings. The number of benzene rings is 3. The van der Waals surface area contributed by atoms with E-state index in [1.54, 1.807) is 0 Å². The Morgan fingerprint density at radius 3 is 2.47 bits per heavy atom. The van der Waals surface area contributed by atoms with Crippen molar-refractivity contribution < 1.29 is 18.7 Å². The van der Waals surface area contributed by atoms with Crippen LogP contribution in [0.15, 0.2) is 59.0 Å². The second-order valence-electron chi connectivity index (χ2n) is 9.61. The number of ether oxygens (including phenoxy) is 2. The van der Waals surface area contributed by atoms with Crippen molar-refractivity contribution >= 4 is 27.8 Å². The minimum absolute atomic E-state index is 0.0395. The second-order valence-corrected chi connectivity index (χ2v) is 9.61. The molecule has 0 amide bonds. The molecule has 34 heavy (non-hydrogen) atoms. The highest BCUT2D eigenvalue weighted by molar-refractivity contribution is 5.90. The van der Waals surface area contributed by atoms with Gasteiger partial charge in [0.05, 0.1) is 18.8 Å². The van der Waals surface area contributed by atoms with Gasteiger partial charge in [0, 0.05) is 6.42 Å². The van der Waals surface area contributed by atoms with Gasteiger partial charge in [0.25, 0.3) is 0 Å². The van der Waals surface area contributed by atoms with Crippen molar-refractivity contribution in [2.24, 2.45) is 0 Å². The number of unbranched alkanes of at least 4 members (excludes halogenated alkanes) is 2. The molecule has 178 valence electrons. The fourth-order valence-corrected chi connectivity index (χ4v) is 3.98. The lowest BCUT2D eigenvalue weighted by Crippen LogP contribution is -2.10. The molecular formula is C29H33NO4. The van der Waals surface area contributed by atoms with E-state index in [2.05, 4.69) is 57.2 Å². The fourth-order valence-electron chi connectivity index (χ4n) is 3.98. The number of aromatic nitrogens is 1. The van der Waals surface area contributed by atoms with Crippen LogP contribution in [0.25, 0.3) is 33.3 Å². The smallest absolute Gasteiger partial charge is 0.305 e. The molecular weight excluding hydrogens is 426 g/mol. The lowest BCUT2D eigenvalue weighted by molar-refractivity contribution is -0.143. The minimum Gasteiger partial charge on any atom is -0.493 e. The van der Waals surface area contributed by atoms with Crippen molar-refractivity contribution in [2.45, 2.75) is 58.8 Å². The van der Waals surface area contributed by atoms with E-state index in [1.165, 1.54) is 5.56 Å². The van der Waals surface area contributed by atoms with Crippen LogP contribution in [0.1, 0.15) is 58.9 Å². The summed E-state index contributed by atoms with van der Waals surface area (Å²) < 4.78 is 17.4. The average molecular weight is 460 g/mol. The predicted octanol–water partition coefficient (Wildman–Crippen LogP) is 7.45. The highest BCUT2D eigenvalue weighted by atomic mass is 16.5.